The SMILES string of the molecule is CC(=O)CCC(=O)NCCCC[C@@H](NC(C)=O)C(=O)O. The third-order valence-electron chi connectivity index (χ3n) is 2.62. The normalized spacial score (nSPS) is 11.5. The van der Waals surface area contributed by atoms with Crippen LogP contribution in [-0.4, -0.2) is 41.3 Å². The molecule has 0 aromatic carbocycles. The first kappa shape index (κ1) is 18.1. The molecule has 114 valence electrons. The van der Waals surface area contributed by atoms with E-state index in [4.69, 9.17) is 5.11 Å². The van der Waals surface area contributed by atoms with E-state index < -0.39 is 12.0 Å². The molecule has 20 heavy (non-hydrogen) atoms. The molecule has 0 unspecified atom stereocenters. The third kappa shape index (κ3) is 10.0. The molecule has 3 N–H and O–H groups in total. The Morgan fingerprint density at radius 1 is 1.05 bits per heavy atom. The molecule has 0 aliphatic carbocycles. The van der Waals surface area contributed by atoms with Crippen LogP contribution < -0.4 is 10.6 Å². The third-order valence-corrected chi connectivity index (χ3v) is 2.62. The second kappa shape index (κ2) is 9.94. The fraction of sp³-hybridized carbons (Fsp3) is 0.692. The highest BCUT2D eigenvalue weighted by Gasteiger charge is 2.17. The number of unbranched alkanes of at least 4 members (excludes halogenated alkanes) is 1. The first-order valence-corrected chi connectivity index (χ1v) is 6.59. The predicted octanol–water partition coefficient (Wildman–Crippen LogP) is 0.231. The number of hydrogen-bond donors (Lipinski definition) is 3. The molecular formula is C13H22N2O5. The van der Waals surface area contributed by atoms with Crippen molar-refractivity contribution in [3.8, 4) is 0 Å². The maximum absolute atomic E-state index is 11.3. The zero-order chi connectivity index (χ0) is 15.5. The van der Waals surface area contributed by atoms with Crippen molar-refractivity contribution in [2.45, 2.75) is 52.0 Å². The minimum Gasteiger partial charge on any atom is -0.480 e. The molecule has 0 rings (SSSR count). The first-order valence-electron chi connectivity index (χ1n) is 6.59. The Morgan fingerprint density at radius 3 is 2.20 bits per heavy atom. The van der Waals surface area contributed by atoms with E-state index in [0.717, 1.165) is 0 Å². The monoisotopic (exact) mass is 286 g/mol. The van der Waals surface area contributed by atoms with Crippen molar-refractivity contribution in [1.29, 1.82) is 0 Å². The zero-order valence-corrected chi connectivity index (χ0v) is 11.9. The fourth-order valence-electron chi connectivity index (χ4n) is 1.58. The highest BCUT2D eigenvalue weighted by Crippen LogP contribution is 2.01. The number of carbonyl (C=O) groups excluding carboxylic acids is 3. The van der Waals surface area contributed by atoms with Crippen molar-refractivity contribution in [3.63, 3.8) is 0 Å². The van der Waals surface area contributed by atoms with E-state index in [1.807, 2.05) is 0 Å². The van der Waals surface area contributed by atoms with Gasteiger partial charge in [0.05, 0.1) is 0 Å². The summed E-state index contributed by atoms with van der Waals surface area (Å²) in [7, 11) is 0. The summed E-state index contributed by atoms with van der Waals surface area (Å²) in [5.74, 6) is -1.66. The minimum absolute atomic E-state index is 0.0280. The summed E-state index contributed by atoms with van der Waals surface area (Å²) in [6.45, 7) is 3.13. The molecule has 0 bridgehead atoms. The van der Waals surface area contributed by atoms with Gasteiger partial charge in [0.1, 0.15) is 11.8 Å². The topological polar surface area (TPSA) is 113 Å². The van der Waals surface area contributed by atoms with Crippen LogP contribution in [0.3, 0.4) is 0 Å². The molecule has 0 radical (unpaired) electrons. The maximum atomic E-state index is 11.3. The second-order valence-corrected chi connectivity index (χ2v) is 4.64. The first-order chi connectivity index (χ1) is 9.32. The van der Waals surface area contributed by atoms with Gasteiger partial charge in [-0.05, 0) is 26.2 Å². The standard InChI is InChI=1S/C13H22N2O5/c1-9(16)6-7-12(18)14-8-4-3-5-11(13(19)20)15-10(2)17/h11H,3-8H2,1-2H3,(H,14,18)(H,15,17)(H,19,20)/t11-/m1/s1. The number of ketones is 1. The lowest BCUT2D eigenvalue weighted by atomic mass is 10.1. The number of carboxylic acid groups (broad SMARTS) is 1. The van der Waals surface area contributed by atoms with Gasteiger partial charge in [-0.1, -0.05) is 0 Å². The summed E-state index contributed by atoms with van der Waals surface area (Å²) in [6, 6.07) is -0.888. The van der Waals surface area contributed by atoms with Crippen molar-refractivity contribution in [2.75, 3.05) is 6.54 Å². The smallest absolute Gasteiger partial charge is 0.326 e. The summed E-state index contributed by atoms with van der Waals surface area (Å²) in [5, 5.41) is 13.9. The number of Topliss-reactive ketones (excluding diaryl/α,β-unsaturated/α-hetero) is 1. The van der Waals surface area contributed by atoms with Gasteiger partial charge in [-0.2, -0.15) is 0 Å². The van der Waals surface area contributed by atoms with E-state index in [1.54, 1.807) is 0 Å². The quantitative estimate of drug-likeness (QED) is 0.498. The van der Waals surface area contributed by atoms with Crippen LogP contribution in [0.25, 0.3) is 0 Å². The molecule has 0 saturated carbocycles. The maximum Gasteiger partial charge on any atom is 0.326 e. The summed E-state index contributed by atoms with van der Waals surface area (Å²) >= 11 is 0. The van der Waals surface area contributed by atoms with Gasteiger partial charge >= 0.3 is 5.97 Å². The van der Waals surface area contributed by atoms with Gasteiger partial charge in [0.2, 0.25) is 11.8 Å². The van der Waals surface area contributed by atoms with E-state index in [1.165, 1.54) is 13.8 Å². The molecule has 7 nitrogen and oxygen atoms in total. The average Bonchev–Trinajstić information content (AvgIpc) is 2.33. The van der Waals surface area contributed by atoms with E-state index in [9.17, 15) is 19.2 Å². The van der Waals surface area contributed by atoms with Crippen molar-refractivity contribution in [2.24, 2.45) is 0 Å². The lowest BCUT2D eigenvalue weighted by molar-refractivity contribution is -0.141. The van der Waals surface area contributed by atoms with Crippen molar-refractivity contribution >= 4 is 23.6 Å². The number of nitrogens with one attached hydrogen (secondary N) is 2. The van der Waals surface area contributed by atoms with Crippen molar-refractivity contribution in [3.05, 3.63) is 0 Å². The minimum atomic E-state index is -1.06. The summed E-state index contributed by atoms with van der Waals surface area (Å²) in [6.07, 6.45) is 1.92. The Morgan fingerprint density at radius 2 is 1.70 bits per heavy atom. The molecule has 0 aliphatic heterocycles. The molecule has 0 heterocycles. The predicted molar refractivity (Wildman–Crippen MR) is 72.0 cm³/mol. The van der Waals surface area contributed by atoms with Gasteiger partial charge in [-0.25, -0.2) is 4.79 Å². The highest BCUT2D eigenvalue weighted by molar-refractivity contribution is 5.83. The fourth-order valence-corrected chi connectivity index (χ4v) is 1.58. The number of amides is 2. The largest absolute Gasteiger partial charge is 0.480 e. The van der Waals surface area contributed by atoms with Crippen LogP contribution >= 0.6 is 0 Å². The van der Waals surface area contributed by atoms with E-state index in [2.05, 4.69) is 10.6 Å². The van der Waals surface area contributed by atoms with E-state index in [0.29, 0.717) is 25.8 Å². The van der Waals surface area contributed by atoms with Gasteiger partial charge in [-0.3, -0.25) is 9.59 Å². The Kier molecular flexibility index (Phi) is 8.98. The average molecular weight is 286 g/mol. The molecule has 0 aliphatic rings. The Hall–Kier alpha value is -1.92. The Labute approximate surface area is 118 Å². The molecule has 0 saturated heterocycles. The second-order valence-electron chi connectivity index (χ2n) is 4.64. The van der Waals surface area contributed by atoms with Crippen molar-refractivity contribution < 1.29 is 24.3 Å². The number of aliphatic carboxylic acids is 1. The lowest BCUT2D eigenvalue weighted by Gasteiger charge is -2.12. The molecular weight excluding hydrogens is 264 g/mol. The summed E-state index contributed by atoms with van der Waals surface area (Å²) in [4.78, 5) is 43.6. The summed E-state index contributed by atoms with van der Waals surface area (Å²) in [5.41, 5.74) is 0. The van der Waals surface area contributed by atoms with Crippen LogP contribution in [0.2, 0.25) is 0 Å². The Balaban J connectivity index is 3.73. The highest BCUT2D eigenvalue weighted by atomic mass is 16.4. The molecule has 0 aromatic rings. The van der Waals surface area contributed by atoms with Crippen LogP contribution in [0, 0.1) is 0 Å². The van der Waals surface area contributed by atoms with Crippen LogP contribution in [0.5, 0.6) is 0 Å². The van der Waals surface area contributed by atoms with Crippen LogP contribution in [-0.2, 0) is 19.2 Å². The van der Waals surface area contributed by atoms with Crippen LogP contribution in [0.15, 0.2) is 0 Å². The molecule has 2 amide bonds. The van der Waals surface area contributed by atoms with Gasteiger partial charge in [0.15, 0.2) is 0 Å². The van der Waals surface area contributed by atoms with E-state index >= 15 is 0 Å². The van der Waals surface area contributed by atoms with Gasteiger partial charge in [0.25, 0.3) is 0 Å². The van der Waals surface area contributed by atoms with Crippen molar-refractivity contribution in [1.82, 2.24) is 10.6 Å². The molecule has 7 heteroatoms. The molecule has 0 aromatic heterocycles. The molecule has 0 spiro atoms. The molecule has 1 atom stereocenters. The Bertz CT molecular complexity index is 368. The summed E-state index contributed by atoms with van der Waals surface area (Å²) < 4.78 is 0. The van der Waals surface area contributed by atoms with Gasteiger partial charge in [0, 0.05) is 26.3 Å². The van der Waals surface area contributed by atoms with E-state index in [-0.39, 0.29) is 30.4 Å². The zero-order valence-electron chi connectivity index (χ0n) is 11.9. The number of hydrogen-bond acceptors (Lipinski definition) is 4. The number of carboxylic acids is 1. The van der Waals surface area contributed by atoms with Crippen LogP contribution in [0.1, 0.15) is 46.0 Å². The van der Waals surface area contributed by atoms with Gasteiger partial charge < -0.3 is 20.5 Å². The lowest BCUT2D eigenvalue weighted by Crippen LogP contribution is -2.39. The molecule has 0 fully saturated rings. The van der Waals surface area contributed by atoms with Gasteiger partial charge in [-0.15, -0.1) is 0 Å². The van der Waals surface area contributed by atoms with Crippen LogP contribution in [0.4, 0.5) is 0 Å². The number of carbonyl (C=O) groups is 4. The number of rotatable bonds is 10.